The molecule has 0 bridgehead atoms. The van der Waals surface area contributed by atoms with Crippen LogP contribution in [0.15, 0.2) is 18.2 Å². The van der Waals surface area contributed by atoms with Crippen molar-refractivity contribution in [3.05, 3.63) is 29.3 Å². The first kappa shape index (κ1) is 16.5. The standard InChI is InChI=1S/C16H26N2O2/c1-12(2)18(4)11-6-5-10-17-16(20)14-8-7-9-15(19)13(14)3/h7-9,12,19H,5-6,10-11H2,1-4H3,(H,17,20). The maximum Gasteiger partial charge on any atom is 0.251 e. The highest BCUT2D eigenvalue weighted by Crippen LogP contribution is 2.19. The van der Waals surface area contributed by atoms with Crippen molar-refractivity contribution in [3.63, 3.8) is 0 Å². The van der Waals surface area contributed by atoms with Crippen LogP contribution in [-0.4, -0.2) is 42.1 Å². The third-order valence-electron chi connectivity index (χ3n) is 3.65. The molecule has 0 heterocycles. The lowest BCUT2D eigenvalue weighted by Gasteiger charge is -2.20. The zero-order valence-corrected chi connectivity index (χ0v) is 12.9. The summed E-state index contributed by atoms with van der Waals surface area (Å²) in [6.07, 6.45) is 2.02. The van der Waals surface area contributed by atoms with E-state index in [0.29, 0.717) is 23.7 Å². The van der Waals surface area contributed by atoms with E-state index >= 15 is 0 Å². The molecule has 1 amide bonds. The van der Waals surface area contributed by atoms with Crippen molar-refractivity contribution in [2.24, 2.45) is 0 Å². The van der Waals surface area contributed by atoms with E-state index < -0.39 is 0 Å². The van der Waals surface area contributed by atoms with Gasteiger partial charge in [-0.15, -0.1) is 0 Å². The predicted octanol–water partition coefficient (Wildman–Crippen LogP) is 2.55. The van der Waals surface area contributed by atoms with Gasteiger partial charge in [0.05, 0.1) is 0 Å². The first-order valence-corrected chi connectivity index (χ1v) is 7.20. The lowest BCUT2D eigenvalue weighted by molar-refractivity contribution is 0.0951. The minimum Gasteiger partial charge on any atom is -0.508 e. The number of phenolic OH excluding ortho intramolecular Hbond substituents is 1. The van der Waals surface area contributed by atoms with Gasteiger partial charge in [-0.2, -0.15) is 0 Å². The highest BCUT2D eigenvalue weighted by Gasteiger charge is 2.10. The molecule has 0 aromatic heterocycles. The predicted molar refractivity (Wildman–Crippen MR) is 82.2 cm³/mol. The molecule has 1 aromatic rings. The number of nitrogens with one attached hydrogen (secondary N) is 1. The maximum atomic E-state index is 12.0. The van der Waals surface area contributed by atoms with Crippen LogP contribution in [0.5, 0.6) is 5.75 Å². The van der Waals surface area contributed by atoms with Crippen LogP contribution < -0.4 is 5.32 Å². The van der Waals surface area contributed by atoms with Gasteiger partial charge in [0, 0.05) is 23.7 Å². The Morgan fingerprint density at radius 1 is 1.35 bits per heavy atom. The van der Waals surface area contributed by atoms with Crippen molar-refractivity contribution < 1.29 is 9.90 Å². The molecular formula is C16H26N2O2. The fraction of sp³-hybridized carbons (Fsp3) is 0.562. The lowest BCUT2D eigenvalue weighted by atomic mass is 10.1. The topological polar surface area (TPSA) is 52.6 Å². The monoisotopic (exact) mass is 278 g/mol. The second-order valence-electron chi connectivity index (χ2n) is 5.49. The Morgan fingerprint density at radius 3 is 2.70 bits per heavy atom. The average Bonchev–Trinajstić information content (AvgIpc) is 2.40. The van der Waals surface area contributed by atoms with Crippen LogP contribution >= 0.6 is 0 Å². The molecule has 1 rings (SSSR count). The summed E-state index contributed by atoms with van der Waals surface area (Å²) in [5, 5.41) is 12.5. The van der Waals surface area contributed by atoms with Crippen LogP contribution in [0.4, 0.5) is 0 Å². The summed E-state index contributed by atoms with van der Waals surface area (Å²) in [6.45, 7) is 7.80. The van der Waals surface area contributed by atoms with Crippen molar-refractivity contribution >= 4 is 5.91 Å². The number of benzene rings is 1. The first-order valence-electron chi connectivity index (χ1n) is 7.20. The number of phenols is 1. The molecule has 4 nitrogen and oxygen atoms in total. The van der Waals surface area contributed by atoms with Gasteiger partial charge in [0.15, 0.2) is 0 Å². The third-order valence-corrected chi connectivity index (χ3v) is 3.65. The molecule has 2 N–H and O–H groups in total. The molecule has 0 saturated carbocycles. The Kier molecular flexibility index (Phi) is 6.52. The second-order valence-corrected chi connectivity index (χ2v) is 5.49. The molecule has 0 radical (unpaired) electrons. The molecule has 0 spiro atoms. The summed E-state index contributed by atoms with van der Waals surface area (Å²) < 4.78 is 0. The summed E-state index contributed by atoms with van der Waals surface area (Å²) in [6, 6.07) is 5.57. The summed E-state index contributed by atoms with van der Waals surface area (Å²) in [7, 11) is 2.11. The quantitative estimate of drug-likeness (QED) is 0.754. The van der Waals surface area contributed by atoms with Crippen LogP contribution in [0.2, 0.25) is 0 Å². The Hall–Kier alpha value is -1.55. The van der Waals surface area contributed by atoms with Crippen molar-refractivity contribution in [3.8, 4) is 5.75 Å². The molecule has 112 valence electrons. The van der Waals surface area contributed by atoms with E-state index in [1.54, 1.807) is 25.1 Å². The zero-order chi connectivity index (χ0) is 15.1. The second kappa shape index (κ2) is 7.90. The van der Waals surface area contributed by atoms with Gasteiger partial charge in [0.2, 0.25) is 0 Å². The zero-order valence-electron chi connectivity index (χ0n) is 12.9. The largest absolute Gasteiger partial charge is 0.508 e. The molecule has 1 aromatic carbocycles. The minimum atomic E-state index is -0.115. The van der Waals surface area contributed by atoms with E-state index in [0.717, 1.165) is 19.4 Å². The van der Waals surface area contributed by atoms with Gasteiger partial charge in [0.25, 0.3) is 5.91 Å². The van der Waals surface area contributed by atoms with E-state index in [-0.39, 0.29) is 11.7 Å². The summed E-state index contributed by atoms with van der Waals surface area (Å²) in [4.78, 5) is 14.3. The van der Waals surface area contributed by atoms with Crippen LogP contribution in [-0.2, 0) is 0 Å². The minimum absolute atomic E-state index is 0.115. The molecule has 0 aliphatic carbocycles. The normalized spacial score (nSPS) is 11.1. The van der Waals surface area contributed by atoms with Crippen LogP contribution in [0.25, 0.3) is 0 Å². The molecule has 0 aliphatic rings. The van der Waals surface area contributed by atoms with Crippen molar-refractivity contribution in [2.75, 3.05) is 20.1 Å². The third kappa shape index (κ3) is 4.85. The highest BCUT2D eigenvalue weighted by atomic mass is 16.3. The number of hydrogen-bond acceptors (Lipinski definition) is 3. The summed E-state index contributed by atoms with van der Waals surface area (Å²) in [5.74, 6) is 0.0480. The fourth-order valence-electron chi connectivity index (χ4n) is 1.91. The van der Waals surface area contributed by atoms with E-state index in [9.17, 15) is 9.90 Å². The summed E-state index contributed by atoms with van der Waals surface area (Å²) >= 11 is 0. The average molecular weight is 278 g/mol. The van der Waals surface area contributed by atoms with E-state index in [1.807, 2.05) is 0 Å². The maximum absolute atomic E-state index is 12.0. The number of carbonyl (C=O) groups is 1. The fourth-order valence-corrected chi connectivity index (χ4v) is 1.91. The number of nitrogens with zero attached hydrogens (tertiary/aromatic N) is 1. The SMILES string of the molecule is Cc1c(O)cccc1C(=O)NCCCCN(C)C(C)C. The smallest absolute Gasteiger partial charge is 0.251 e. The number of amides is 1. The molecular weight excluding hydrogens is 252 g/mol. The van der Waals surface area contributed by atoms with Crippen LogP contribution in [0, 0.1) is 6.92 Å². The number of carbonyl (C=O) groups excluding carboxylic acids is 1. The molecule has 0 saturated heterocycles. The first-order chi connectivity index (χ1) is 9.43. The van der Waals surface area contributed by atoms with Gasteiger partial charge in [-0.25, -0.2) is 0 Å². The van der Waals surface area contributed by atoms with E-state index in [2.05, 4.69) is 31.1 Å². The molecule has 0 unspecified atom stereocenters. The molecule has 0 fully saturated rings. The molecule has 4 heteroatoms. The molecule has 0 atom stereocenters. The van der Waals surface area contributed by atoms with Crippen LogP contribution in [0.3, 0.4) is 0 Å². The van der Waals surface area contributed by atoms with Gasteiger partial charge >= 0.3 is 0 Å². The van der Waals surface area contributed by atoms with Crippen molar-refractivity contribution in [2.45, 2.75) is 39.7 Å². The number of hydrogen-bond donors (Lipinski definition) is 2. The van der Waals surface area contributed by atoms with Crippen molar-refractivity contribution in [1.29, 1.82) is 0 Å². The Morgan fingerprint density at radius 2 is 2.05 bits per heavy atom. The summed E-state index contributed by atoms with van der Waals surface area (Å²) in [5.41, 5.74) is 1.17. The van der Waals surface area contributed by atoms with E-state index in [1.165, 1.54) is 0 Å². The van der Waals surface area contributed by atoms with Gasteiger partial charge in [-0.05, 0) is 59.3 Å². The number of unbranched alkanes of at least 4 members (excludes halogenated alkanes) is 1. The van der Waals surface area contributed by atoms with Crippen molar-refractivity contribution in [1.82, 2.24) is 10.2 Å². The van der Waals surface area contributed by atoms with Gasteiger partial charge in [-0.3, -0.25) is 4.79 Å². The van der Waals surface area contributed by atoms with Gasteiger partial charge in [-0.1, -0.05) is 6.07 Å². The molecule has 20 heavy (non-hydrogen) atoms. The Balaban J connectivity index is 2.32. The highest BCUT2D eigenvalue weighted by molar-refractivity contribution is 5.96. The van der Waals surface area contributed by atoms with Crippen LogP contribution in [0.1, 0.15) is 42.6 Å². The van der Waals surface area contributed by atoms with Gasteiger partial charge in [0.1, 0.15) is 5.75 Å². The Bertz CT molecular complexity index is 444. The van der Waals surface area contributed by atoms with E-state index in [4.69, 9.17) is 0 Å². The van der Waals surface area contributed by atoms with Gasteiger partial charge < -0.3 is 15.3 Å². The Labute approximate surface area is 121 Å². The number of aromatic hydroxyl groups is 1. The lowest BCUT2D eigenvalue weighted by Crippen LogP contribution is -2.29. The molecule has 0 aliphatic heterocycles. The number of rotatable bonds is 7.